The third kappa shape index (κ3) is 2.49. The number of hydrogen-bond acceptors (Lipinski definition) is 3. The van der Waals surface area contributed by atoms with Crippen molar-refractivity contribution >= 4 is 23.3 Å². The molecule has 8 heteroatoms. The van der Waals surface area contributed by atoms with Gasteiger partial charge in [0.1, 0.15) is 0 Å². The van der Waals surface area contributed by atoms with Crippen LogP contribution in [0, 0.1) is 6.92 Å². The lowest BCUT2D eigenvalue weighted by atomic mass is 10.1. The molecule has 0 spiro atoms. The number of carbonyl (C=O) groups is 2. The first-order valence-electron chi connectivity index (χ1n) is 5.51. The van der Waals surface area contributed by atoms with E-state index in [-0.39, 0.29) is 11.3 Å². The molecule has 1 heterocycles. The highest BCUT2D eigenvalue weighted by atomic mass is 19.4. The molecule has 0 bridgehead atoms. The monoisotopic (exact) mass is 286 g/mol. The molecule has 0 saturated heterocycles. The zero-order valence-corrected chi connectivity index (χ0v) is 10.2. The number of carbonyl (C=O) groups excluding carboxylic acids is 1. The van der Waals surface area contributed by atoms with Crippen LogP contribution in [-0.4, -0.2) is 28.9 Å². The SMILES string of the molecule is Cc1ccc(C(=O)O)c(N2N=C(C(F)(F)F)CC2=O)c1. The minimum Gasteiger partial charge on any atom is -0.478 e. The number of hydrogen-bond donors (Lipinski definition) is 1. The average Bonchev–Trinajstić information content (AvgIpc) is 2.70. The van der Waals surface area contributed by atoms with E-state index < -0.39 is 30.2 Å². The number of halogens is 3. The molecule has 0 radical (unpaired) electrons. The van der Waals surface area contributed by atoms with Crippen LogP contribution in [0.15, 0.2) is 23.3 Å². The van der Waals surface area contributed by atoms with E-state index in [1.54, 1.807) is 6.92 Å². The number of carboxylic acid groups (broad SMARTS) is 1. The number of alkyl halides is 3. The van der Waals surface area contributed by atoms with Crippen LogP contribution in [0.3, 0.4) is 0 Å². The molecule has 1 aromatic carbocycles. The number of benzene rings is 1. The lowest BCUT2D eigenvalue weighted by Gasteiger charge is -2.15. The molecular weight excluding hydrogens is 277 g/mol. The summed E-state index contributed by atoms with van der Waals surface area (Å²) in [5.74, 6) is -2.26. The number of carboxylic acids is 1. The fourth-order valence-electron chi connectivity index (χ4n) is 1.77. The Labute approximate surface area is 111 Å². The first-order valence-corrected chi connectivity index (χ1v) is 5.51. The van der Waals surface area contributed by atoms with E-state index in [0.29, 0.717) is 10.6 Å². The summed E-state index contributed by atoms with van der Waals surface area (Å²) in [4.78, 5) is 22.7. The summed E-state index contributed by atoms with van der Waals surface area (Å²) < 4.78 is 37.6. The Bertz CT molecular complexity index is 623. The largest absolute Gasteiger partial charge is 0.478 e. The molecule has 1 amide bonds. The van der Waals surface area contributed by atoms with Gasteiger partial charge in [-0.1, -0.05) is 6.07 Å². The van der Waals surface area contributed by atoms with Crippen LogP contribution >= 0.6 is 0 Å². The van der Waals surface area contributed by atoms with E-state index >= 15 is 0 Å². The maximum Gasteiger partial charge on any atom is 0.431 e. The van der Waals surface area contributed by atoms with Crippen LogP contribution < -0.4 is 5.01 Å². The molecular formula is C12H9F3N2O3. The Morgan fingerprint density at radius 2 is 2.05 bits per heavy atom. The van der Waals surface area contributed by atoms with E-state index in [0.717, 1.165) is 0 Å². The molecule has 2 rings (SSSR count). The van der Waals surface area contributed by atoms with Crippen LogP contribution in [0.4, 0.5) is 18.9 Å². The predicted molar refractivity (Wildman–Crippen MR) is 63.7 cm³/mol. The van der Waals surface area contributed by atoms with Crippen molar-refractivity contribution in [3.05, 3.63) is 29.3 Å². The van der Waals surface area contributed by atoms with E-state index in [1.807, 2.05) is 0 Å². The second-order valence-corrected chi connectivity index (χ2v) is 4.25. The summed E-state index contributed by atoms with van der Waals surface area (Å²) in [6, 6.07) is 4.02. The average molecular weight is 286 g/mol. The molecule has 0 saturated carbocycles. The van der Waals surface area contributed by atoms with Gasteiger partial charge in [0.05, 0.1) is 17.7 Å². The lowest BCUT2D eigenvalue weighted by molar-refractivity contribution is -0.117. The molecule has 1 N–H and O–H groups in total. The molecule has 5 nitrogen and oxygen atoms in total. The Balaban J connectivity index is 2.51. The smallest absolute Gasteiger partial charge is 0.431 e. The molecule has 0 fully saturated rings. The number of aryl methyl sites for hydroxylation is 1. The van der Waals surface area contributed by atoms with E-state index in [4.69, 9.17) is 5.11 Å². The van der Waals surface area contributed by atoms with E-state index in [9.17, 15) is 22.8 Å². The van der Waals surface area contributed by atoms with Gasteiger partial charge < -0.3 is 5.11 Å². The van der Waals surface area contributed by atoms with Crippen LogP contribution in [-0.2, 0) is 4.79 Å². The summed E-state index contributed by atoms with van der Waals surface area (Å²) in [5, 5.41) is 12.7. The van der Waals surface area contributed by atoms with Gasteiger partial charge in [-0.25, -0.2) is 4.79 Å². The topological polar surface area (TPSA) is 70.0 Å². The van der Waals surface area contributed by atoms with E-state index in [2.05, 4.69) is 5.10 Å². The highest BCUT2D eigenvalue weighted by Crippen LogP contribution is 2.30. The standard InChI is InChI=1S/C12H9F3N2O3/c1-6-2-3-7(11(19)20)8(4-6)17-10(18)5-9(16-17)12(13,14)15/h2-4H,5H2,1H3,(H,19,20). The third-order valence-electron chi connectivity index (χ3n) is 2.71. The molecule has 0 aromatic heterocycles. The highest BCUT2D eigenvalue weighted by Gasteiger charge is 2.43. The Kier molecular flexibility index (Phi) is 3.24. The zero-order chi connectivity index (χ0) is 15.1. The van der Waals surface area contributed by atoms with Crippen molar-refractivity contribution in [2.75, 3.05) is 5.01 Å². The van der Waals surface area contributed by atoms with Gasteiger partial charge in [-0.05, 0) is 24.6 Å². The minimum atomic E-state index is -4.71. The number of hydrazone groups is 1. The first kappa shape index (κ1) is 14.0. The van der Waals surface area contributed by atoms with Gasteiger partial charge in [-0.2, -0.15) is 23.3 Å². The molecule has 20 heavy (non-hydrogen) atoms. The van der Waals surface area contributed by atoms with Gasteiger partial charge in [0.2, 0.25) is 0 Å². The fraction of sp³-hybridized carbons (Fsp3) is 0.250. The summed E-state index contributed by atoms with van der Waals surface area (Å²) in [6.45, 7) is 1.63. The molecule has 0 atom stereocenters. The molecule has 0 unspecified atom stereocenters. The van der Waals surface area contributed by atoms with Gasteiger partial charge in [0, 0.05) is 0 Å². The maximum absolute atomic E-state index is 12.5. The van der Waals surface area contributed by atoms with Crippen molar-refractivity contribution in [1.29, 1.82) is 0 Å². The number of rotatable bonds is 2. The zero-order valence-electron chi connectivity index (χ0n) is 10.2. The molecule has 1 aliphatic rings. The number of aromatic carboxylic acids is 1. The lowest BCUT2D eigenvalue weighted by Crippen LogP contribution is -2.23. The van der Waals surface area contributed by atoms with Crippen molar-refractivity contribution < 1.29 is 27.9 Å². The normalized spacial score (nSPS) is 15.5. The van der Waals surface area contributed by atoms with Crippen molar-refractivity contribution in [2.45, 2.75) is 19.5 Å². The quantitative estimate of drug-likeness (QED) is 0.907. The summed E-state index contributed by atoms with van der Waals surface area (Å²) >= 11 is 0. The summed E-state index contributed by atoms with van der Waals surface area (Å²) in [7, 11) is 0. The number of amides is 1. The Morgan fingerprint density at radius 3 is 2.55 bits per heavy atom. The van der Waals surface area contributed by atoms with Gasteiger partial charge in [0.25, 0.3) is 5.91 Å². The van der Waals surface area contributed by atoms with Crippen LogP contribution in [0.1, 0.15) is 22.3 Å². The second-order valence-electron chi connectivity index (χ2n) is 4.25. The van der Waals surface area contributed by atoms with Crippen molar-refractivity contribution in [3.63, 3.8) is 0 Å². The summed E-state index contributed by atoms with van der Waals surface area (Å²) in [6.07, 6.45) is -5.60. The van der Waals surface area contributed by atoms with Gasteiger partial charge in [-0.3, -0.25) is 4.79 Å². The van der Waals surface area contributed by atoms with Crippen molar-refractivity contribution in [1.82, 2.24) is 0 Å². The molecule has 1 aromatic rings. The van der Waals surface area contributed by atoms with Gasteiger partial charge in [0.15, 0.2) is 5.71 Å². The van der Waals surface area contributed by atoms with Crippen LogP contribution in [0.2, 0.25) is 0 Å². The maximum atomic E-state index is 12.5. The van der Waals surface area contributed by atoms with Crippen molar-refractivity contribution in [2.24, 2.45) is 5.10 Å². The van der Waals surface area contributed by atoms with Crippen LogP contribution in [0.5, 0.6) is 0 Å². The van der Waals surface area contributed by atoms with Gasteiger partial charge in [-0.15, -0.1) is 0 Å². The predicted octanol–water partition coefficient (Wildman–Crippen LogP) is 2.35. The van der Waals surface area contributed by atoms with Crippen LogP contribution in [0.25, 0.3) is 0 Å². The molecule has 1 aliphatic heterocycles. The summed E-state index contributed by atoms with van der Waals surface area (Å²) in [5.41, 5.74) is -1.08. The Hall–Kier alpha value is -2.38. The minimum absolute atomic E-state index is 0.165. The fourth-order valence-corrected chi connectivity index (χ4v) is 1.77. The first-order chi connectivity index (χ1) is 9.20. The second kappa shape index (κ2) is 4.62. The Morgan fingerprint density at radius 1 is 1.40 bits per heavy atom. The number of anilines is 1. The molecule has 106 valence electrons. The van der Waals surface area contributed by atoms with Crippen molar-refractivity contribution in [3.8, 4) is 0 Å². The number of nitrogens with zero attached hydrogens (tertiary/aromatic N) is 2. The highest BCUT2D eigenvalue weighted by molar-refractivity contribution is 6.16. The third-order valence-corrected chi connectivity index (χ3v) is 2.71. The van der Waals surface area contributed by atoms with E-state index in [1.165, 1.54) is 18.2 Å². The van der Waals surface area contributed by atoms with Gasteiger partial charge >= 0.3 is 12.1 Å². The molecule has 0 aliphatic carbocycles.